The highest BCUT2D eigenvalue weighted by Gasteiger charge is 2.01. The second-order valence-corrected chi connectivity index (χ2v) is 3.98. The van der Waals surface area contributed by atoms with Crippen LogP contribution in [0.4, 0.5) is 0 Å². The quantitative estimate of drug-likeness (QED) is 0.538. The summed E-state index contributed by atoms with van der Waals surface area (Å²) in [6.45, 7) is 3.62. The third kappa shape index (κ3) is 4.93. The smallest absolute Gasteiger partial charge is 0.171 e. The van der Waals surface area contributed by atoms with Crippen LogP contribution in [0.1, 0.15) is 38.2 Å². The summed E-state index contributed by atoms with van der Waals surface area (Å²) >= 11 is 0. The standard InChI is InChI=1S/C13H22NO/c1-2-3-4-9-14-10-5-7-13(12-14)8-6-11-15/h5,7,10,12,15H,2-4,6,8-9,11H2,1H3/q+1. The number of unbranched alkanes of at least 4 members (excludes halogenated alkanes) is 2. The molecule has 0 aliphatic rings. The molecule has 0 saturated carbocycles. The molecule has 0 aromatic carbocycles. The zero-order valence-electron chi connectivity index (χ0n) is 9.65. The summed E-state index contributed by atoms with van der Waals surface area (Å²) in [5.74, 6) is 0. The molecule has 0 amide bonds. The lowest BCUT2D eigenvalue weighted by molar-refractivity contribution is -0.697. The zero-order valence-corrected chi connectivity index (χ0v) is 9.65. The van der Waals surface area contributed by atoms with E-state index in [1.165, 1.54) is 24.8 Å². The van der Waals surface area contributed by atoms with E-state index in [0.717, 1.165) is 19.4 Å². The van der Waals surface area contributed by atoms with Gasteiger partial charge in [0.1, 0.15) is 6.54 Å². The van der Waals surface area contributed by atoms with E-state index in [1.54, 1.807) is 0 Å². The number of aryl methyl sites for hydroxylation is 2. The topological polar surface area (TPSA) is 24.1 Å². The summed E-state index contributed by atoms with van der Waals surface area (Å²) in [6.07, 6.45) is 9.98. The van der Waals surface area contributed by atoms with E-state index >= 15 is 0 Å². The molecule has 0 fully saturated rings. The Kier molecular flexibility index (Phi) is 6.02. The first-order chi connectivity index (χ1) is 7.36. The predicted octanol–water partition coefficient (Wildman–Crippen LogP) is 2.09. The summed E-state index contributed by atoms with van der Waals surface area (Å²) in [5.41, 5.74) is 1.32. The van der Waals surface area contributed by atoms with Gasteiger partial charge in [0.25, 0.3) is 0 Å². The van der Waals surface area contributed by atoms with Gasteiger partial charge in [0, 0.05) is 24.7 Å². The molecule has 15 heavy (non-hydrogen) atoms. The van der Waals surface area contributed by atoms with Crippen LogP contribution in [0.3, 0.4) is 0 Å². The van der Waals surface area contributed by atoms with Crippen molar-refractivity contribution in [3.63, 3.8) is 0 Å². The zero-order chi connectivity index (χ0) is 10.9. The fourth-order valence-electron chi connectivity index (χ4n) is 1.69. The van der Waals surface area contributed by atoms with Gasteiger partial charge in [-0.2, -0.15) is 0 Å². The first-order valence-electron chi connectivity index (χ1n) is 5.95. The Labute approximate surface area is 92.6 Å². The molecule has 1 heterocycles. The number of pyridine rings is 1. The molecule has 1 aromatic heterocycles. The van der Waals surface area contributed by atoms with Crippen LogP contribution in [-0.2, 0) is 13.0 Å². The van der Waals surface area contributed by atoms with E-state index in [9.17, 15) is 0 Å². The molecule has 2 nitrogen and oxygen atoms in total. The largest absolute Gasteiger partial charge is 0.396 e. The van der Waals surface area contributed by atoms with Gasteiger partial charge in [-0.25, -0.2) is 4.57 Å². The van der Waals surface area contributed by atoms with Crippen LogP contribution in [-0.4, -0.2) is 11.7 Å². The summed E-state index contributed by atoms with van der Waals surface area (Å²) < 4.78 is 2.25. The summed E-state index contributed by atoms with van der Waals surface area (Å²) in [7, 11) is 0. The lowest BCUT2D eigenvalue weighted by Crippen LogP contribution is -2.33. The van der Waals surface area contributed by atoms with E-state index in [0.29, 0.717) is 0 Å². The second kappa shape index (κ2) is 7.41. The van der Waals surface area contributed by atoms with Crippen molar-refractivity contribution in [3.05, 3.63) is 30.1 Å². The molecule has 1 N–H and O–H groups in total. The molecule has 0 aliphatic carbocycles. The molecular weight excluding hydrogens is 186 g/mol. The number of nitrogens with zero attached hydrogens (tertiary/aromatic N) is 1. The molecule has 0 saturated heterocycles. The van der Waals surface area contributed by atoms with E-state index in [-0.39, 0.29) is 6.61 Å². The van der Waals surface area contributed by atoms with Crippen molar-refractivity contribution in [2.75, 3.05) is 6.61 Å². The third-order valence-corrected chi connectivity index (χ3v) is 2.56. The van der Waals surface area contributed by atoms with Crippen LogP contribution in [0.15, 0.2) is 24.5 Å². The van der Waals surface area contributed by atoms with Crippen LogP contribution in [0.2, 0.25) is 0 Å². The molecule has 1 aromatic rings. The van der Waals surface area contributed by atoms with Crippen molar-refractivity contribution >= 4 is 0 Å². The maximum absolute atomic E-state index is 8.76. The van der Waals surface area contributed by atoms with Gasteiger partial charge in [-0.1, -0.05) is 13.3 Å². The van der Waals surface area contributed by atoms with Gasteiger partial charge in [0.15, 0.2) is 12.4 Å². The Bertz CT molecular complexity index is 273. The number of aliphatic hydroxyl groups is 1. The average Bonchev–Trinajstić information content (AvgIpc) is 2.27. The molecule has 84 valence electrons. The minimum absolute atomic E-state index is 0.282. The van der Waals surface area contributed by atoms with E-state index in [4.69, 9.17) is 5.11 Å². The number of hydrogen-bond donors (Lipinski definition) is 1. The van der Waals surface area contributed by atoms with Crippen molar-refractivity contribution in [3.8, 4) is 0 Å². The van der Waals surface area contributed by atoms with Crippen molar-refractivity contribution in [2.45, 2.75) is 45.6 Å². The maximum atomic E-state index is 8.76. The van der Waals surface area contributed by atoms with Gasteiger partial charge in [-0.3, -0.25) is 0 Å². The van der Waals surface area contributed by atoms with Crippen molar-refractivity contribution in [1.29, 1.82) is 0 Å². The van der Waals surface area contributed by atoms with E-state index in [2.05, 4.69) is 36.0 Å². The number of aliphatic hydroxyl groups excluding tert-OH is 1. The monoisotopic (exact) mass is 208 g/mol. The maximum Gasteiger partial charge on any atom is 0.171 e. The summed E-state index contributed by atoms with van der Waals surface area (Å²) in [4.78, 5) is 0. The molecule has 0 aliphatic heterocycles. The third-order valence-electron chi connectivity index (χ3n) is 2.56. The number of aromatic nitrogens is 1. The van der Waals surface area contributed by atoms with Gasteiger partial charge in [0.05, 0.1) is 0 Å². The lowest BCUT2D eigenvalue weighted by atomic mass is 10.1. The lowest BCUT2D eigenvalue weighted by Gasteiger charge is -2.00. The van der Waals surface area contributed by atoms with E-state index < -0.39 is 0 Å². The van der Waals surface area contributed by atoms with Crippen LogP contribution < -0.4 is 4.57 Å². The van der Waals surface area contributed by atoms with Crippen molar-refractivity contribution in [2.24, 2.45) is 0 Å². The SMILES string of the molecule is CCCCC[n+]1cccc(CCCO)c1. The van der Waals surface area contributed by atoms with E-state index in [1.807, 2.05) is 0 Å². The molecule has 0 radical (unpaired) electrons. The van der Waals surface area contributed by atoms with Gasteiger partial charge >= 0.3 is 0 Å². The Morgan fingerprint density at radius 1 is 1.27 bits per heavy atom. The van der Waals surface area contributed by atoms with Crippen LogP contribution in [0.25, 0.3) is 0 Å². The van der Waals surface area contributed by atoms with Gasteiger partial charge in [-0.05, 0) is 25.3 Å². The van der Waals surface area contributed by atoms with Gasteiger partial charge < -0.3 is 5.11 Å². The van der Waals surface area contributed by atoms with Crippen LogP contribution in [0, 0.1) is 0 Å². The molecule has 0 bridgehead atoms. The average molecular weight is 208 g/mol. The van der Waals surface area contributed by atoms with Crippen LogP contribution >= 0.6 is 0 Å². The molecular formula is C13H22NO+. The predicted molar refractivity (Wildman–Crippen MR) is 61.6 cm³/mol. The molecule has 0 unspecified atom stereocenters. The van der Waals surface area contributed by atoms with Crippen molar-refractivity contribution in [1.82, 2.24) is 0 Å². The van der Waals surface area contributed by atoms with Crippen molar-refractivity contribution < 1.29 is 9.67 Å². The fraction of sp³-hybridized carbons (Fsp3) is 0.615. The van der Waals surface area contributed by atoms with Gasteiger partial charge in [-0.15, -0.1) is 0 Å². The summed E-state index contributed by atoms with van der Waals surface area (Å²) in [5, 5.41) is 8.76. The Balaban J connectivity index is 2.42. The highest BCUT2D eigenvalue weighted by Crippen LogP contribution is 2.00. The minimum atomic E-state index is 0.282. The normalized spacial score (nSPS) is 10.5. The first-order valence-corrected chi connectivity index (χ1v) is 5.95. The minimum Gasteiger partial charge on any atom is -0.396 e. The molecule has 1 rings (SSSR count). The Morgan fingerprint density at radius 3 is 2.87 bits per heavy atom. The second-order valence-electron chi connectivity index (χ2n) is 3.98. The molecule has 0 spiro atoms. The highest BCUT2D eigenvalue weighted by molar-refractivity contribution is 5.05. The van der Waals surface area contributed by atoms with Gasteiger partial charge in [0.2, 0.25) is 0 Å². The first kappa shape index (κ1) is 12.2. The molecule has 0 atom stereocenters. The molecule has 2 heteroatoms. The number of hydrogen-bond acceptors (Lipinski definition) is 1. The Morgan fingerprint density at radius 2 is 2.13 bits per heavy atom. The van der Waals surface area contributed by atoms with Crippen LogP contribution in [0.5, 0.6) is 0 Å². The Hall–Kier alpha value is -0.890. The highest BCUT2D eigenvalue weighted by atomic mass is 16.2. The fourth-order valence-corrected chi connectivity index (χ4v) is 1.69. The number of rotatable bonds is 7. The summed E-state index contributed by atoms with van der Waals surface area (Å²) in [6, 6.07) is 4.23.